The molecule has 0 spiro atoms. The van der Waals surface area contributed by atoms with Crippen LogP contribution in [0.3, 0.4) is 0 Å². The number of aliphatic hydroxyl groups excluding tert-OH is 1. The predicted molar refractivity (Wildman–Crippen MR) is 93.9 cm³/mol. The standard InChI is InChI=1S/C16H30N4O6/c1-5-9(4)12(17)15(24)18-6-11(22)19-10(7-21)14(23)20-13(8(2)3)16(25)26/h8-10,12-13,21H,5-7,17H2,1-4H3,(H,18,24)(H,19,22)(H,20,23)(H,25,26). The van der Waals surface area contributed by atoms with E-state index in [-0.39, 0.29) is 11.8 Å². The van der Waals surface area contributed by atoms with Crippen LogP contribution in [-0.2, 0) is 19.2 Å². The first-order valence-electron chi connectivity index (χ1n) is 8.51. The number of hydrogen-bond acceptors (Lipinski definition) is 6. The summed E-state index contributed by atoms with van der Waals surface area (Å²) < 4.78 is 0. The van der Waals surface area contributed by atoms with Gasteiger partial charge in [0.25, 0.3) is 0 Å². The lowest BCUT2D eigenvalue weighted by Gasteiger charge is -2.22. The zero-order valence-corrected chi connectivity index (χ0v) is 15.6. The van der Waals surface area contributed by atoms with E-state index in [1.807, 2.05) is 13.8 Å². The molecule has 0 saturated carbocycles. The van der Waals surface area contributed by atoms with E-state index in [2.05, 4.69) is 16.0 Å². The van der Waals surface area contributed by atoms with Crippen molar-refractivity contribution < 1.29 is 29.4 Å². The molecular weight excluding hydrogens is 344 g/mol. The Morgan fingerprint density at radius 3 is 2.04 bits per heavy atom. The van der Waals surface area contributed by atoms with Crippen LogP contribution in [0.4, 0.5) is 0 Å². The number of aliphatic hydroxyl groups is 1. The number of rotatable bonds is 11. The number of nitrogens with one attached hydrogen (secondary N) is 3. The number of carbonyl (C=O) groups is 4. The third-order valence-corrected chi connectivity index (χ3v) is 4.05. The summed E-state index contributed by atoms with van der Waals surface area (Å²) in [6, 6.07) is -3.24. The minimum absolute atomic E-state index is 0.0574. The molecule has 0 bridgehead atoms. The van der Waals surface area contributed by atoms with Crippen molar-refractivity contribution in [1.82, 2.24) is 16.0 Å². The number of carboxylic acids is 1. The van der Waals surface area contributed by atoms with Gasteiger partial charge >= 0.3 is 5.97 Å². The van der Waals surface area contributed by atoms with Crippen molar-refractivity contribution in [1.29, 1.82) is 0 Å². The molecule has 0 aliphatic rings. The van der Waals surface area contributed by atoms with Crippen LogP contribution in [0.25, 0.3) is 0 Å². The van der Waals surface area contributed by atoms with Gasteiger partial charge in [0.2, 0.25) is 17.7 Å². The molecule has 0 heterocycles. The number of carboxylic acid groups (broad SMARTS) is 1. The molecular formula is C16H30N4O6. The first-order chi connectivity index (χ1) is 12.0. The van der Waals surface area contributed by atoms with Gasteiger partial charge in [0.05, 0.1) is 19.2 Å². The SMILES string of the molecule is CCC(C)C(N)C(=O)NCC(=O)NC(CO)C(=O)NC(C(=O)O)C(C)C. The second kappa shape index (κ2) is 11.4. The van der Waals surface area contributed by atoms with Gasteiger partial charge in [0.15, 0.2) is 0 Å². The topological polar surface area (TPSA) is 171 Å². The van der Waals surface area contributed by atoms with Gasteiger partial charge in [-0.2, -0.15) is 0 Å². The Morgan fingerprint density at radius 2 is 1.62 bits per heavy atom. The zero-order chi connectivity index (χ0) is 20.4. The highest BCUT2D eigenvalue weighted by molar-refractivity contribution is 5.92. The fourth-order valence-electron chi connectivity index (χ4n) is 2.00. The lowest BCUT2D eigenvalue weighted by Crippen LogP contribution is -2.56. The Morgan fingerprint density at radius 1 is 1.04 bits per heavy atom. The summed E-state index contributed by atoms with van der Waals surface area (Å²) in [6.45, 7) is 5.78. The monoisotopic (exact) mass is 374 g/mol. The lowest BCUT2D eigenvalue weighted by atomic mass is 9.99. The molecule has 10 heteroatoms. The molecule has 0 rings (SSSR count). The summed E-state index contributed by atoms with van der Waals surface area (Å²) in [6.07, 6.45) is 0.703. The maximum Gasteiger partial charge on any atom is 0.326 e. The smallest absolute Gasteiger partial charge is 0.326 e. The van der Waals surface area contributed by atoms with Gasteiger partial charge < -0.3 is 31.9 Å². The first kappa shape index (κ1) is 23.8. The zero-order valence-electron chi connectivity index (χ0n) is 15.6. The molecule has 0 aliphatic carbocycles. The Labute approximate surface area is 152 Å². The van der Waals surface area contributed by atoms with Crippen LogP contribution in [0.15, 0.2) is 0 Å². The van der Waals surface area contributed by atoms with Gasteiger partial charge in [0, 0.05) is 0 Å². The molecule has 10 nitrogen and oxygen atoms in total. The van der Waals surface area contributed by atoms with Crippen LogP contribution < -0.4 is 21.7 Å². The number of hydrogen-bond donors (Lipinski definition) is 6. The molecule has 0 radical (unpaired) electrons. The molecule has 0 aromatic carbocycles. The Bertz CT molecular complexity index is 511. The minimum atomic E-state index is -1.33. The minimum Gasteiger partial charge on any atom is -0.480 e. The van der Waals surface area contributed by atoms with E-state index in [1.165, 1.54) is 0 Å². The summed E-state index contributed by atoms with van der Waals surface area (Å²) in [5.41, 5.74) is 5.74. The second-order valence-electron chi connectivity index (χ2n) is 6.50. The first-order valence-corrected chi connectivity index (χ1v) is 8.51. The van der Waals surface area contributed by atoms with Gasteiger partial charge in [-0.15, -0.1) is 0 Å². The van der Waals surface area contributed by atoms with Crippen LogP contribution in [0.5, 0.6) is 0 Å². The molecule has 150 valence electrons. The maximum atomic E-state index is 12.0. The Hall–Kier alpha value is -2.20. The summed E-state index contributed by atoms with van der Waals surface area (Å²) in [5, 5.41) is 25.2. The molecule has 4 atom stereocenters. The molecule has 0 aromatic heterocycles. The largest absolute Gasteiger partial charge is 0.480 e. The third kappa shape index (κ3) is 7.79. The van der Waals surface area contributed by atoms with Crippen LogP contribution in [0.1, 0.15) is 34.1 Å². The van der Waals surface area contributed by atoms with Crippen LogP contribution in [0.2, 0.25) is 0 Å². The lowest BCUT2D eigenvalue weighted by molar-refractivity contribution is -0.143. The van der Waals surface area contributed by atoms with E-state index in [9.17, 15) is 24.3 Å². The number of carbonyl (C=O) groups excluding carboxylic acids is 3. The quantitative estimate of drug-likeness (QED) is 0.247. The van der Waals surface area contributed by atoms with E-state index in [1.54, 1.807) is 13.8 Å². The van der Waals surface area contributed by atoms with Crippen LogP contribution in [-0.4, -0.2) is 65.2 Å². The van der Waals surface area contributed by atoms with Gasteiger partial charge in [-0.3, -0.25) is 14.4 Å². The van der Waals surface area contributed by atoms with Crippen LogP contribution in [0, 0.1) is 11.8 Å². The van der Waals surface area contributed by atoms with Crippen molar-refractivity contribution in [3.8, 4) is 0 Å². The van der Waals surface area contributed by atoms with Crippen molar-refractivity contribution in [2.24, 2.45) is 17.6 Å². The molecule has 4 unspecified atom stereocenters. The number of aliphatic carboxylic acids is 1. The Kier molecular flexibility index (Phi) is 10.5. The van der Waals surface area contributed by atoms with Gasteiger partial charge in [0.1, 0.15) is 12.1 Å². The average Bonchev–Trinajstić information content (AvgIpc) is 2.59. The van der Waals surface area contributed by atoms with Gasteiger partial charge in [-0.25, -0.2) is 4.79 Å². The summed E-state index contributed by atoms with van der Waals surface area (Å²) in [5.74, 6) is -3.69. The molecule has 26 heavy (non-hydrogen) atoms. The summed E-state index contributed by atoms with van der Waals surface area (Å²) in [7, 11) is 0. The predicted octanol–water partition coefficient (Wildman–Crippen LogP) is -1.82. The van der Waals surface area contributed by atoms with Crippen molar-refractivity contribution in [2.45, 2.75) is 52.2 Å². The average molecular weight is 374 g/mol. The molecule has 0 aromatic rings. The summed E-state index contributed by atoms with van der Waals surface area (Å²) in [4.78, 5) is 46.8. The highest BCUT2D eigenvalue weighted by Crippen LogP contribution is 2.05. The maximum absolute atomic E-state index is 12.0. The Balaban J connectivity index is 4.62. The van der Waals surface area contributed by atoms with Crippen LogP contribution >= 0.6 is 0 Å². The number of amides is 3. The highest BCUT2D eigenvalue weighted by atomic mass is 16.4. The molecule has 7 N–H and O–H groups in total. The normalized spacial score (nSPS) is 15.5. The summed E-state index contributed by atoms with van der Waals surface area (Å²) >= 11 is 0. The highest BCUT2D eigenvalue weighted by Gasteiger charge is 2.28. The van der Waals surface area contributed by atoms with Crippen molar-refractivity contribution >= 4 is 23.7 Å². The van der Waals surface area contributed by atoms with E-state index in [0.717, 1.165) is 0 Å². The van der Waals surface area contributed by atoms with E-state index < -0.39 is 55.0 Å². The van der Waals surface area contributed by atoms with Gasteiger partial charge in [-0.1, -0.05) is 34.1 Å². The molecule has 0 aliphatic heterocycles. The van der Waals surface area contributed by atoms with E-state index in [4.69, 9.17) is 10.8 Å². The van der Waals surface area contributed by atoms with Crippen molar-refractivity contribution in [3.63, 3.8) is 0 Å². The number of nitrogens with two attached hydrogens (primary N) is 1. The van der Waals surface area contributed by atoms with Gasteiger partial charge in [-0.05, 0) is 11.8 Å². The van der Waals surface area contributed by atoms with Crippen molar-refractivity contribution in [3.05, 3.63) is 0 Å². The van der Waals surface area contributed by atoms with Crippen molar-refractivity contribution in [2.75, 3.05) is 13.2 Å². The molecule has 3 amide bonds. The molecule has 0 fully saturated rings. The fourth-order valence-corrected chi connectivity index (χ4v) is 2.00. The van der Waals surface area contributed by atoms with E-state index in [0.29, 0.717) is 6.42 Å². The fraction of sp³-hybridized carbons (Fsp3) is 0.750. The molecule has 0 saturated heterocycles. The van der Waals surface area contributed by atoms with E-state index >= 15 is 0 Å². The third-order valence-electron chi connectivity index (χ3n) is 4.05. The second-order valence-corrected chi connectivity index (χ2v) is 6.50.